The molecule has 1 saturated carbocycles. The number of nitrogens with one attached hydrogen (secondary N) is 2. The van der Waals surface area contributed by atoms with Gasteiger partial charge in [0, 0.05) is 35.5 Å². The van der Waals surface area contributed by atoms with Gasteiger partial charge in [0.1, 0.15) is 23.7 Å². The summed E-state index contributed by atoms with van der Waals surface area (Å²) in [6.07, 6.45) is 6.34. The number of carboxylic acids is 1. The average Bonchev–Trinajstić information content (AvgIpc) is 3.29. The smallest absolute Gasteiger partial charge is 0.325 e. The summed E-state index contributed by atoms with van der Waals surface area (Å²) in [6.45, 7) is 1.75. The number of aliphatic carboxylic acids is 1. The zero-order valence-corrected chi connectivity index (χ0v) is 21.6. The van der Waals surface area contributed by atoms with Crippen molar-refractivity contribution >= 4 is 35.0 Å². The van der Waals surface area contributed by atoms with E-state index in [1.807, 2.05) is 0 Å². The highest BCUT2D eigenvalue weighted by Crippen LogP contribution is 2.32. The molecule has 1 aromatic carbocycles. The van der Waals surface area contributed by atoms with E-state index in [1.165, 1.54) is 12.1 Å². The van der Waals surface area contributed by atoms with Crippen molar-refractivity contribution < 1.29 is 29.2 Å². The molecule has 3 N–H and O–H groups in total. The summed E-state index contributed by atoms with van der Waals surface area (Å²) < 4.78 is 6.64. The lowest BCUT2D eigenvalue weighted by molar-refractivity contribution is -0.384. The fourth-order valence-corrected chi connectivity index (χ4v) is 5.00. The van der Waals surface area contributed by atoms with Crippen molar-refractivity contribution in [2.75, 3.05) is 18.5 Å². The van der Waals surface area contributed by atoms with Crippen LogP contribution in [0.3, 0.4) is 0 Å². The SMILES string of the molecule is CCOC(=O)CNc1c(-c2cccc([N+](=O)[O-])c2)nc2cc(C(=O)NC(CC(=O)O)C3CCCCC3)ccn12. The van der Waals surface area contributed by atoms with Gasteiger partial charge in [-0.15, -0.1) is 0 Å². The number of carbonyl (C=O) groups excluding carboxylic acids is 2. The van der Waals surface area contributed by atoms with Crippen LogP contribution in [0.4, 0.5) is 11.5 Å². The molecule has 39 heavy (non-hydrogen) atoms. The van der Waals surface area contributed by atoms with Crippen LogP contribution in [-0.2, 0) is 14.3 Å². The third-order valence-corrected chi connectivity index (χ3v) is 6.85. The fourth-order valence-electron chi connectivity index (χ4n) is 5.00. The van der Waals surface area contributed by atoms with Gasteiger partial charge in [0.15, 0.2) is 0 Å². The van der Waals surface area contributed by atoms with Crippen molar-refractivity contribution in [2.24, 2.45) is 5.92 Å². The Morgan fingerprint density at radius 2 is 1.97 bits per heavy atom. The van der Waals surface area contributed by atoms with Crippen LogP contribution in [0.25, 0.3) is 16.9 Å². The number of benzene rings is 1. The van der Waals surface area contributed by atoms with E-state index in [0.717, 1.165) is 32.1 Å². The number of carboxylic acid groups (broad SMARTS) is 1. The number of imidazole rings is 1. The van der Waals surface area contributed by atoms with Crippen LogP contribution in [0.1, 0.15) is 55.8 Å². The lowest BCUT2D eigenvalue weighted by Gasteiger charge is -2.30. The maximum absolute atomic E-state index is 13.2. The predicted molar refractivity (Wildman–Crippen MR) is 142 cm³/mol. The highest BCUT2D eigenvalue weighted by molar-refractivity contribution is 5.96. The third kappa shape index (κ3) is 6.70. The Kier molecular flexibility index (Phi) is 8.74. The molecule has 0 saturated heterocycles. The normalized spacial score (nSPS) is 14.5. The molecule has 206 valence electrons. The Morgan fingerprint density at radius 1 is 1.21 bits per heavy atom. The van der Waals surface area contributed by atoms with Crippen molar-refractivity contribution in [3.05, 3.63) is 58.3 Å². The number of nitro groups is 1. The second kappa shape index (κ2) is 12.4. The van der Waals surface area contributed by atoms with E-state index < -0.39 is 28.8 Å². The molecule has 1 unspecified atom stereocenters. The van der Waals surface area contributed by atoms with Crippen LogP contribution in [-0.4, -0.2) is 56.5 Å². The third-order valence-electron chi connectivity index (χ3n) is 6.85. The Hall–Kier alpha value is -4.48. The molecule has 1 aliphatic carbocycles. The summed E-state index contributed by atoms with van der Waals surface area (Å²) in [5.74, 6) is -1.35. The number of aromatic nitrogens is 2. The number of anilines is 1. The number of esters is 1. The molecule has 0 radical (unpaired) electrons. The second-order valence-electron chi connectivity index (χ2n) is 9.49. The van der Waals surface area contributed by atoms with Crippen LogP contribution in [0, 0.1) is 16.0 Å². The first-order valence-electron chi connectivity index (χ1n) is 13.0. The molecule has 1 aliphatic rings. The molecule has 1 fully saturated rings. The maximum atomic E-state index is 13.2. The zero-order valence-electron chi connectivity index (χ0n) is 21.6. The molecule has 12 nitrogen and oxygen atoms in total. The van der Waals surface area contributed by atoms with Crippen LogP contribution in [0.15, 0.2) is 42.6 Å². The Bertz CT molecular complexity index is 1380. The highest BCUT2D eigenvalue weighted by atomic mass is 16.6. The van der Waals surface area contributed by atoms with Gasteiger partial charge in [-0.3, -0.25) is 28.9 Å². The molecule has 2 heterocycles. The highest BCUT2D eigenvalue weighted by Gasteiger charge is 2.28. The van der Waals surface area contributed by atoms with Gasteiger partial charge in [-0.25, -0.2) is 4.98 Å². The zero-order chi connectivity index (χ0) is 27.9. The fraction of sp³-hybridized carbons (Fsp3) is 0.407. The monoisotopic (exact) mass is 537 g/mol. The molecule has 1 amide bonds. The summed E-state index contributed by atoms with van der Waals surface area (Å²) in [5.41, 5.74) is 1.34. The van der Waals surface area contributed by atoms with Gasteiger partial charge in [0.25, 0.3) is 11.6 Å². The molecule has 12 heteroatoms. The van der Waals surface area contributed by atoms with E-state index in [1.54, 1.807) is 41.8 Å². The Labute approximate surface area is 224 Å². The summed E-state index contributed by atoms with van der Waals surface area (Å²) in [5, 5.41) is 26.7. The first-order chi connectivity index (χ1) is 18.8. The van der Waals surface area contributed by atoms with Gasteiger partial charge in [-0.2, -0.15) is 0 Å². The Morgan fingerprint density at radius 3 is 2.67 bits per heavy atom. The lowest BCUT2D eigenvalue weighted by atomic mass is 9.82. The number of pyridine rings is 1. The maximum Gasteiger partial charge on any atom is 0.325 e. The van der Waals surface area contributed by atoms with E-state index in [-0.39, 0.29) is 31.2 Å². The minimum Gasteiger partial charge on any atom is -0.481 e. The summed E-state index contributed by atoms with van der Waals surface area (Å²) in [4.78, 5) is 52.2. The number of hydrogen-bond acceptors (Lipinski definition) is 8. The minimum absolute atomic E-state index is 0.105. The number of rotatable bonds is 11. The van der Waals surface area contributed by atoms with Crippen molar-refractivity contribution in [1.29, 1.82) is 0 Å². The van der Waals surface area contributed by atoms with Gasteiger partial charge < -0.3 is 20.5 Å². The van der Waals surface area contributed by atoms with Crippen molar-refractivity contribution in [3.8, 4) is 11.3 Å². The van der Waals surface area contributed by atoms with Gasteiger partial charge in [0.05, 0.1) is 18.0 Å². The van der Waals surface area contributed by atoms with E-state index in [9.17, 15) is 29.6 Å². The molecule has 0 spiro atoms. The van der Waals surface area contributed by atoms with Gasteiger partial charge in [-0.05, 0) is 37.8 Å². The molecule has 1 atom stereocenters. The topological polar surface area (TPSA) is 165 Å². The van der Waals surface area contributed by atoms with E-state index in [0.29, 0.717) is 28.3 Å². The summed E-state index contributed by atoms with van der Waals surface area (Å²) >= 11 is 0. The van der Waals surface area contributed by atoms with E-state index >= 15 is 0 Å². The number of nitro benzene ring substituents is 1. The van der Waals surface area contributed by atoms with Crippen LogP contribution < -0.4 is 10.6 Å². The number of ether oxygens (including phenoxy) is 1. The number of fused-ring (bicyclic) bond motifs is 1. The van der Waals surface area contributed by atoms with Gasteiger partial charge in [0.2, 0.25) is 0 Å². The molecule has 3 aromatic rings. The molecular formula is C27H31N5O7. The Balaban J connectivity index is 1.67. The van der Waals surface area contributed by atoms with E-state index in [2.05, 4.69) is 15.6 Å². The minimum atomic E-state index is -0.964. The average molecular weight is 538 g/mol. The van der Waals surface area contributed by atoms with Gasteiger partial charge >= 0.3 is 11.9 Å². The van der Waals surface area contributed by atoms with Gasteiger partial charge in [-0.1, -0.05) is 31.4 Å². The number of nitrogens with zero attached hydrogens (tertiary/aromatic N) is 3. The van der Waals surface area contributed by atoms with Crippen molar-refractivity contribution in [3.63, 3.8) is 0 Å². The van der Waals surface area contributed by atoms with Crippen LogP contribution in [0.5, 0.6) is 0 Å². The standard InChI is InChI=1S/C27H31N5O7/c1-2-39-24(35)16-28-26-25(18-9-6-10-20(13-18)32(37)38)30-22-14-19(11-12-31(22)26)27(36)29-21(15-23(33)34)17-7-4-3-5-8-17/h6,9-14,17,21,28H,2-5,7-8,15-16H2,1H3,(H,29,36)(H,33,34). The summed E-state index contributed by atoms with van der Waals surface area (Å²) in [6, 6.07) is 8.62. The molecule has 0 aliphatic heterocycles. The largest absolute Gasteiger partial charge is 0.481 e. The molecule has 2 aromatic heterocycles. The first kappa shape index (κ1) is 27.6. The van der Waals surface area contributed by atoms with Crippen LogP contribution in [0.2, 0.25) is 0 Å². The van der Waals surface area contributed by atoms with Crippen LogP contribution >= 0.6 is 0 Å². The number of carbonyl (C=O) groups is 3. The van der Waals surface area contributed by atoms with E-state index in [4.69, 9.17) is 4.74 Å². The van der Waals surface area contributed by atoms with Crippen molar-refractivity contribution in [2.45, 2.75) is 51.5 Å². The number of amides is 1. The van der Waals surface area contributed by atoms with Crippen molar-refractivity contribution in [1.82, 2.24) is 14.7 Å². The summed E-state index contributed by atoms with van der Waals surface area (Å²) in [7, 11) is 0. The second-order valence-corrected chi connectivity index (χ2v) is 9.49. The quantitative estimate of drug-likeness (QED) is 0.186. The number of hydrogen-bond donors (Lipinski definition) is 3. The molecular weight excluding hydrogens is 506 g/mol. The molecule has 4 rings (SSSR count). The first-order valence-corrected chi connectivity index (χ1v) is 13.0. The predicted octanol–water partition coefficient (Wildman–Crippen LogP) is 4.04. The lowest BCUT2D eigenvalue weighted by Crippen LogP contribution is -2.42. The molecule has 0 bridgehead atoms. The number of non-ortho nitro benzene ring substituents is 1.